The number of nitrogens with one attached hydrogen (secondary N) is 1. The van der Waals surface area contributed by atoms with Crippen LogP contribution < -0.4 is 5.32 Å². The molecule has 1 N–H and O–H groups in total. The number of benzene rings is 2. The lowest BCUT2D eigenvalue weighted by atomic mass is 9.97. The molecule has 0 atom stereocenters. The Morgan fingerprint density at radius 2 is 1.91 bits per heavy atom. The Morgan fingerprint density at radius 1 is 1.18 bits per heavy atom. The second-order valence-electron chi connectivity index (χ2n) is 8.28. The van der Waals surface area contributed by atoms with E-state index < -0.39 is 0 Å². The van der Waals surface area contributed by atoms with Gasteiger partial charge in [-0.3, -0.25) is 9.59 Å². The van der Waals surface area contributed by atoms with E-state index in [0.29, 0.717) is 30.4 Å². The van der Waals surface area contributed by atoms with Gasteiger partial charge in [0, 0.05) is 36.0 Å². The molecule has 0 radical (unpaired) electrons. The van der Waals surface area contributed by atoms with E-state index in [1.165, 1.54) is 23.5 Å². The van der Waals surface area contributed by atoms with E-state index in [-0.39, 0.29) is 30.0 Å². The number of rotatable bonds is 6. The van der Waals surface area contributed by atoms with Crippen molar-refractivity contribution in [3.8, 4) is 0 Å². The van der Waals surface area contributed by atoms with E-state index in [1.807, 2.05) is 30.0 Å². The number of piperidine rings is 1. The maximum absolute atomic E-state index is 13.1. The van der Waals surface area contributed by atoms with Crippen molar-refractivity contribution < 1.29 is 14.0 Å². The molecule has 1 aliphatic heterocycles. The molecule has 0 aliphatic carbocycles. The maximum atomic E-state index is 13.1. The molecule has 172 valence electrons. The monoisotopic (exact) mass is 485 g/mol. The van der Waals surface area contributed by atoms with E-state index in [0.717, 1.165) is 34.5 Å². The Hall–Kier alpha value is -2.77. The third-order valence-electron chi connectivity index (χ3n) is 5.96. The Labute approximate surface area is 201 Å². The normalized spacial score (nSPS) is 14.3. The number of aromatic nitrogens is 1. The van der Waals surface area contributed by atoms with Crippen LogP contribution in [0.1, 0.15) is 50.9 Å². The summed E-state index contributed by atoms with van der Waals surface area (Å²) in [4.78, 5) is 31.6. The fraction of sp³-hybridized carbons (Fsp3) is 0.320. The van der Waals surface area contributed by atoms with Gasteiger partial charge in [0.25, 0.3) is 5.91 Å². The molecule has 8 heteroatoms. The van der Waals surface area contributed by atoms with Crippen molar-refractivity contribution in [1.29, 1.82) is 0 Å². The predicted octanol–water partition coefficient (Wildman–Crippen LogP) is 5.12. The standard InChI is InChI=1S/C25H25ClFN3O2S/c1-16-12-20(26)5-4-19(16)14-28-24(32)22-15-33-25(29-22)18-8-10-30(11-9-18)23(31)13-17-2-6-21(27)7-3-17/h2-7,12,15,18H,8-11,13-14H2,1H3,(H,28,32). The summed E-state index contributed by atoms with van der Waals surface area (Å²) in [6.45, 7) is 3.69. The number of aryl methyl sites for hydroxylation is 1. The topological polar surface area (TPSA) is 62.3 Å². The van der Waals surface area contributed by atoms with E-state index in [1.54, 1.807) is 17.5 Å². The zero-order valence-corrected chi connectivity index (χ0v) is 19.9. The summed E-state index contributed by atoms with van der Waals surface area (Å²) in [5, 5.41) is 6.34. The number of carbonyl (C=O) groups is 2. The average Bonchev–Trinajstić information content (AvgIpc) is 3.30. The summed E-state index contributed by atoms with van der Waals surface area (Å²) < 4.78 is 13.1. The number of likely N-dealkylation sites (tertiary alicyclic amines) is 1. The second kappa shape index (κ2) is 10.4. The Kier molecular flexibility index (Phi) is 7.40. The first-order valence-corrected chi connectivity index (χ1v) is 12.2. The average molecular weight is 486 g/mol. The smallest absolute Gasteiger partial charge is 0.271 e. The zero-order chi connectivity index (χ0) is 23.4. The van der Waals surface area contributed by atoms with Crippen LogP contribution in [0.15, 0.2) is 47.8 Å². The number of amides is 2. The number of thiazole rings is 1. The van der Waals surface area contributed by atoms with Gasteiger partial charge in [0.2, 0.25) is 5.91 Å². The molecule has 2 amide bonds. The van der Waals surface area contributed by atoms with Crippen molar-refractivity contribution in [2.75, 3.05) is 13.1 Å². The number of nitrogens with zero attached hydrogens (tertiary/aromatic N) is 2. The molecule has 0 unspecified atom stereocenters. The summed E-state index contributed by atoms with van der Waals surface area (Å²) >= 11 is 7.49. The highest BCUT2D eigenvalue weighted by Gasteiger charge is 2.26. The lowest BCUT2D eigenvalue weighted by Crippen LogP contribution is -2.38. The molecule has 33 heavy (non-hydrogen) atoms. The first-order chi connectivity index (χ1) is 15.9. The molecule has 0 spiro atoms. The van der Waals surface area contributed by atoms with Crippen molar-refractivity contribution >= 4 is 34.8 Å². The van der Waals surface area contributed by atoms with Crippen LogP contribution in [0.2, 0.25) is 5.02 Å². The van der Waals surface area contributed by atoms with Crippen molar-refractivity contribution in [3.05, 3.63) is 86.1 Å². The van der Waals surface area contributed by atoms with E-state index >= 15 is 0 Å². The third kappa shape index (κ3) is 5.97. The molecule has 1 aliphatic rings. The number of hydrogen-bond acceptors (Lipinski definition) is 4. The lowest BCUT2D eigenvalue weighted by molar-refractivity contribution is -0.131. The van der Waals surface area contributed by atoms with Crippen LogP contribution >= 0.6 is 22.9 Å². The molecule has 0 bridgehead atoms. The maximum Gasteiger partial charge on any atom is 0.271 e. The quantitative estimate of drug-likeness (QED) is 0.527. The van der Waals surface area contributed by atoms with Gasteiger partial charge in [-0.25, -0.2) is 9.37 Å². The minimum absolute atomic E-state index is 0.0526. The SMILES string of the molecule is Cc1cc(Cl)ccc1CNC(=O)c1csc(C2CCN(C(=O)Cc3ccc(F)cc3)CC2)n1. The molecule has 1 fully saturated rings. The largest absolute Gasteiger partial charge is 0.347 e. The Morgan fingerprint density at radius 3 is 2.61 bits per heavy atom. The van der Waals surface area contributed by atoms with Gasteiger partial charge < -0.3 is 10.2 Å². The lowest BCUT2D eigenvalue weighted by Gasteiger charge is -2.31. The minimum atomic E-state index is -0.302. The van der Waals surface area contributed by atoms with Gasteiger partial charge in [0.15, 0.2) is 0 Å². The van der Waals surface area contributed by atoms with Crippen molar-refractivity contribution in [2.24, 2.45) is 0 Å². The molecule has 1 saturated heterocycles. The summed E-state index contributed by atoms with van der Waals surface area (Å²) in [7, 11) is 0. The molecular formula is C25H25ClFN3O2S. The van der Waals surface area contributed by atoms with Crippen molar-refractivity contribution in [3.63, 3.8) is 0 Å². The molecule has 3 aromatic rings. The highest BCUT2D eigenvalue weighted by atomic mass is 35.5. The number of halogens is 2. The van der Waals surface area contributed by atoms with E-state index in [9.17, 15) is 14.0 Å². The van der Waals surface area contributed by atoms with Crippen LogP contribution in [0.3, 0.4) is 0 Å². The van der Waals surface area contributed by atoms with Crippen LogP contribution in [0, 0.1) is 12.7 Å². The fourth-order valence-corrected chi connectivity index (χ4v) is 5.17. The molecule has 0 saturated carbocycles. The highest BCUT2D eigenvalue weighted by molar-refractivity contribution is 7.09. The van der Waals surface area contributed by atoms with Crippen molar-refractivity contribution in [1.82, 2.24) is 15.2 Å². The predicted molar refractivity (Wildman–Crippen MR) is 128 cm³/mol. The fourth-order valence-electron chi connectivity index (χ4n) is 3.97. The first-order valence-electron chi connectivity index (χ1n) is 10.9. The number of hydrogen-bond donors (Lipinski definition) is 1. The molecule has 4 rings (SSSR count). The van der Waals surface area contributed by atoms with Gasteiger partial charge in [0.05, 0.1) is 11.4 Å². The van der Waals surface area contributed by atoms with Gasteiger partial charge in [-0.2, -0.15) is 0 Å². The summed E-state index contributed by atoms with van der Waals surface area (Å²) in [6, 6.07) is 11.7. The van der Waals surface area contributed by atoms with Crippen LogP contribution in [-0.4, -0.2) is 34.8 Å². The molecule has 2 aromatic carbocycles. The van der Waals surface area contributed by atoms with Gasteiger partial charge in [0.1, 0.15) is 11.5 Å². The Balaban J connectivity index is 1.28. The van der Waals surface area contributed by atoms with Crippen LogP contribution in [0.5, 0.6) is 0 Å². The zero-order valence-electron chi connectivity index (χ0n) is 18.3. The van der Waals surface area contributed by atoms with Gasteiger partial charge in [-0.05, 0) is 60.7 Å². The van der Waals surface area contributed by atoms with Gasteiger partial charge in [-0.1, -0.05) is 29.8 Å². The molecule has 5 nitrogen and oxygen atoms in total. The van der Waals surface area contributed by atoms with Crippen LogP contribution in [-0.2, 0) is 17.8 Å². The molecular weight excluding hydrogens is 461 g/mol. The van der Waals surface area contributed by atoms with Crippen LogP contribution in [0.4, 0.5) is 4.39 Å². The molecule has 1 aromatic heterocycles. The van der Waals surface area contributed by atoms with Gasteiger partial charge in [-0.15, -0.1) is 11.3 Å². The first kappa shape index (κ1) is 23.4. The summed E-state index contributed by atoms with van der Waals surface area (Å²) in [5.41, 5.74) is 3.28. The minimum Gasteiger partial charge on any atom is -0.347 e. The highest BCUT2D eigenvalue weighted by Crippen LogP contribution is 2.30. The number of carbonyl (C=O) groups excluding carboxylic acids is 2. The van der Waals surface area contributed by atoms with E-state index in [2.05, 4.69) is 10.3 Å². The second-order valence-corrected chi connectivity index (χ2v) is 9.61. The third-order valence-corrected chi connectivity index (χ3v) is 7.21. The van der Waals surface area contributed by atoms with E-state index in [4.69, 9.17) is 11.6 Å². The Bertz CT molecular complexity index is 1140. The summed E-state index contributed by atoms with van der Waals surface area (Å²) in [5.74, 6) is -0.205. The summed E-state index contributed by atoms with van der Waals surface area (Å²) in [6.07, 6.45) is 1.90. The van der Waals surface area contributed by atoms with Gasteiger partial charge >= 0.3 is 0 Å². The molecule has 2 heterocycles. The van der Waals surface area contributed by atoms with Crippen LogP contribution in [0.25, 0.3) is 0 Å². The van der Waals surface area contributed by atoms with Crippen molar-refractivity contribution in [2.45, 2.75) is 38.6 Å².